The van der Waals surface area contributed by atoms with E-state index in [1.165, 1.54) is 6.07 Å². The van der Waals surface area contributed by atoms with Gasteiger partial charge >= 0.3 is 0 Å². The van der Waals surface area contributed by atoms with Gasteiger partial charge < -0.3 is 19.8 Å². The topological polar surface area (TPSA) is 93.3 Å². The number of hydrogen-bond donors (Lipinski definition) is 2. The third-order valence-electron chi connectivity index (χ3n) is 6.15. The molecule has 0 atom stereocenters. The zero-order chi connectivity index (χ0) is 22.5. The molecule has 0 spiro atoms. The zero-order valence-electron chi connectivity index (χ0n) is 18.3. The molecule has 0 radical (unpaired) electrons. The highest BCUT2D eigenvalue weighted by atomic mass is 32.2. The van der Waals surface area contributed by atoms with E-state index >= 15 is 0 Å². The van der Waals surface area contributed by atoms with Gasteiger partial charge in [0.05, 0.1) is 17.9 Å². The molecular formula is C23H30FN3O4S. The van der Waals surface area contributed by atoms with Crippen LogP contribution in [0.15, 0.2) is 16.9 Å². The molecule has 1 saturated heterocycles. The summed E-state index contributed by atoms with van der Waals surface area (Å²) in [5, 5.41) is 3.40. The maximum atomic E-state index is 14.6. The Morgan fingerprint density at radius 2 is 2.00 bits per heavy atom. The summed E-state index contributed by atoms with van der Waals surface area (Å²) in [5.74, 6) is 1.28. The molecule has 2 N–H and O–H groups in total. The molecule has 32 heavy (non-hydrogen) atoms. The summed E-state index contributed by atoms with van der Waals surface area (Å²) in [5.41, 5.74) is -0.144. The monoisotopic (exact) mass is 463 g/mol. The van der Waals surface area contributed by atoms with Crippen LogP contribution in [0.5, 0.6) is 5.75 Å². The van der Waals surface area contributed by atoms with Gasteiger partial charge in [-0.1, -0.05) is 0 Å². The molecule has 1 amide bonds. The molecule has 9 heteroatoms. The fourth-order valence-corrected chi connectivity index (χ4v) is 5.52. The molecule has 2 heterocycles. The van der Waals surface area contributed by atoms with Crippen LogP contribution in [0.2, 0.25) is 0 Å². The molecule has 1 aromatic heterocycles. The van der Waals surface area contributed by atoms with Crippen LogP contribution in [0, 0.1) is 11.7 Å². The first-order valence-corrected chi connectivity index (χ1v) is 12.3. The zero-order valence-corrected chi connectivity index (χ0v) is 19.1. The molecular weight excluding hydrogens is 433 g/mol. The minimum Gasteiger partial charge on any atom is -0.493 e. The lowest BCUT2D eigenvalue weighted by atomic mass is 9.95. The van der Waals surface area contributed by atoms with Gasteiger partial charge in [-0.2, -0.15) is 11.8 Å². The summed E-state index contributed by atoms with van der Waals surface area (Å²) in [4.78, 5) is 31.0. The number of amides is 1. The lowest BCUT2D eigenvalue weighted by molar-refractivity contribution is -0.119. The highest BCUT2D eigenvalue weighted by molar-refractivity contribution is 7.99. The van der Waals surface area contributed by atoms with Crippen molar-refractivity contribution in [1.82, 2.24) is 15.3 Å². The average molecular weight is 464 g/mol. The summed E-state index contributed by atoms with van der Waals surface area (Å²) in [6, 6.07) is 3.17. The quantitative estimate of drug-likeness (QED) is 0.652. The number of aromatic nitrogens is 2. The molecule has 7 nitrogen and oxygen atoms in total. The van der Waals surface area contributed by atoms with E-state index in [4.69, 9.17) is 9.47 Å². The second-order valence-electron chi connectivity index (χ2n) is 8.66. The summed E-state index contributed by atoms with van der Waals surface area (Å²) >= 11 is 1.74. The van der Waals surface area contributed by atoms with Gasteiger partial charge in [-0.05, 0) is 44.4 Å². The predicted octanol–water partition coefficient (Wildman–Crippen LogP) is 3.55. The summed E-state index contributed by atoms with van der Waals surface area (Å²) < 4.78 is 25.8. The smallest absolute Gasteiger partial charge is 0.261 e. The van der Waals surface area contributed by atoms with Crippen LogP contribution in [-0.2, 0) is 15.3 Å². The molecule has 1 aliphatic carbocycles. The van der Waals surface area contributed by atoms with E-state index in [2.05, 4.69) is 15.3 Å². The fraction of sp³-hybridized carbons (Fsp3) is 0.609. The second kappa shape index (κ2) is 10.7. The number of thioether (sulfide) groups is 1. The van der Waals surface area contributed by atoms with E-state index in [1.807, 2.05) is 0 Å². The molecule has 2 fully saturated rings. The van der Waals surface area contributed by atoms with Crippen LogP contribution in [0.4, 0.5) is 4.39 Å². The number of benzene rings is 1. The maximum absolute atomic E-state index is 14.6. The van der Waals surface area contributed by atoms with Crippen LogP contribution >= 0.6 is 11.8 Å². The van der Waals surface area contributed by atoms with E-state index in [9.17, 15) is 14.0 Å². The number of nitrogens with one attached hydrogen (secondary N) is 2. The van der Waals surface area contributed by atoms with Crippen molar-refractivity contribution < 1.29 is 18.7 Å². The minimum absolute atomic E-state index is 0.0161. The number of fused-ring (bicyclic) bond motifs is 1. The first-order chi connectivity index (χ1) is 15.5. The molecule has 1 aromatic carbocycles. The van der Waals surface area contributed by atoms with E-state index in [-0.39, 0.29) is 17.3 Å². The highest BCUT2D eigenvalue weighted by Crippen LogP contribution is 2.30. The molecule has 0 bridgehead atoms. The molecule has 4 rings (SSSR count). The summed E-state index contributed by atoms with van der Waals surface area (Å²) in [7, 11) is 0. The van der Waals surface area contributed by atoms with Crippen LogP contribution in [0.3, 0.4) is 0 Å². The standard InChI is InChI=1S/C23H30FN3O4S/c1-14(28)25-16-2-4-18(5-3-16)32-13-21-26-20-11-17(10-19(24)22(20)23(29)27-21)31-12-15-6-8-30-9-7-15/h10-11,15-16,18H,2-9,12-13H2,1H3,(H,25,28)(H,26,27,29). The molecule has 1 aliphatic heterocycles. The Hall–Kier alpha value is -2.13. The third kappa shape index (κ3) is 6.01. The van der Waals surface area contributed by atoms with Crippen LogP contribution in [0.1, 0.15) is 51.3 Å². The van der Waals surface area contributed by atoms with Crippen molar-refractivity contribution >= 4 is 28.6 Å². The number of nitrogens with zero attached hydrogens (tertiary/aromatic N) is 1. The summed E-state index contributed by atoms with van der Waals surface area (Å²) in [6.07, 6.45) is 5.79. The normalized spacial score (nSPS) is 22.1. The van der Waals surface area contributed by atoms with Crippen molar-refractivity contribution in [2.75, 3.05) is 19.8 Å². The van der Waals surface area contributed by atoms with Crippen molar-refractivity contribution in [2.45, 2.75) is 62.5 Å². The predicted molar refractivity (Wildman–Crippen MR) is 123 cm³/mol. The van der Waals surface area contributed by atoms with Gasteiger partial charge in [-0.15, -0.1) is 0 Å². The molecule has 0 unspecified atom stereocenters. The lowest BCUT2D eigenvalue weighted by Crippen LogP contribution is -2.36. The molecule has 174 valence electrons. The Bertz CT molecular complexity index is 1000. The van der Waals surface area contributed by atoms with Gasteiger partial charge in [0.2, 0.25) is 5.91 Å². The van der Waals surface area contributed by atoms with E-state index in [1.54, 1.807) is 24.8 Å². The van der Waals surface area contributed by atoms with Gasteiger partial charge in [0.25, 0.3) is 5.56 Å². The Labute approximate surface area is 190 Å². The van der Waals surface area contributed by atoms with E-state index in [0.29, 0.717) is 40.6 Å². The SMILES string of the molecule is CC(=O)NC1CCC(SCc2nc3cc(OCC4CCOCC4)cc(F)c3c(=O)[nH]2)CC1. The largest absolute Gasteiger partial charge is 0.493 e. The average Bonchev–Trinajstić information content (AvgIpc) is 2.77. The lowest BCUT2D eigenvalue weighted by Gasteiger charge is -2.28. The number of ether oxygens (including phenoxy) is 2. The van der Waals surface area contributed by atoms with Crippen LogP contribution in [0.25, 0.3) is 10.9 Å². The minimum atomic E-state index is -0.617. The van der Waals surface area contributed by atoms with Crippen molar-refractivity contribution in [1.29, 1.82) is 0 Å². The number of carbonyl (C=O) groups is 1. The van der Waals surface area contributed by atoms with E-state index in [0.717, 1.165) is 51.7 Å². The number of aromatic amines is 1. The number of H-pyrrole nitrogens is 1. The Kier molecular flexibility index (Phi) is 7.67. The third-order valence-corrected chi connectivity index (χ3v) is 7.53. The van der Waals surface area contributed by atoms with Gasteiger partial charge in [0, 0.05) is 43.6 Å². The molecule has 2 aliphatic rings. The molecule has 1 saturated carbocycles. The summed E-state index contributed by atoms with van der Waals surface area (Å²) in [6.45, 7) is 3.51. The van der Waals surface area contributed by atoms with Gasteiger partial charge in [-0.3, -0.25) is 9.59 Å². The maximum Gasteiger partial charge on any atom is 0.261 e. The van der Waals surface area contributed by atoms with Crippen LogP contribution in [-0.4, -0.2) is 47.0 Å². The van der Waals surface area contributed by atoms with Gasteiger partial charge in [-0.25, -0.2) is 9.37 Å². The van der Waals surface area contributed by atoms with E-state index < -0.39 is 11.4 Å². The van der Waals surface area contributed by atoms with Crippen molar-refractivity contribution in [3.8, 4) is 5.75 Å². The Balaban J connectivity index is 1.39. The highest BCUT2D eigenvalue weighted by Gasteiger charge is 2.22. The molecule has 2 aromatic rings. The second-order valence-corrected chi connectivity index (χ2v) is 9.95. The van der Waals surface area contributed by atoms with Crippen LogP contribution < -0.4 is 15.6 Å². The number of hydrogen-bond acceptors (Lipinski definition) is 6. The Morgan fingerprint density at radius 3 is 2.72 bits per heavy atom. The number of carbonyl (C=O) groups excluding carboxylic acids is 1. The van der Waals surface area contributed by atoms with Crippen molar-refractivity contribution in [2.24, 2.45) is 5.92 Å². The fourth-order valence-electron chi connectivity index (χ4n) is 4.38. The Morgan fingerprint density at radius 1 is 1.25 bits per heavy atom. The van der Waals surface area contributed by atoms with Gasteiger partial charge in [0.15, 0.2) is 0 Å². The van der Waals surface area contributed by atoms with Crippen molar-refractivity contribution in [3.05, 3.63) is 34.1 Å². The van der Waals surface area contributed by atoms with Crippen molar-refractivity contribution in [3.63, 3.8) is 0 Å². The number of halogens is 1. The number of rotatable bonds is 7. The van der Waals surface area contributed by atoms with Gasteiger partial charge in [0.1, 0.15) is 22.8 Å². The first-order valence-electron chi connectivity index (χ1n) is 11.3. The first kappa shape index (κ1) is 23.0.